The number of nitrogens with one attached hydrogen (secondary N) is 1. The first-order valence-electron chi connectivity index (χ1n) is 11.3. The molecule has 156 valence electrons. The van der Waals surface area contributed by atoms with Crippen LogP contribution in [-0.4, -0.2) is 44.6 Å². The van der Waals surface area contributed by atoms with Gasteiger partial charge in [-0.05, 0) is 90.2 Å². The highest BCUT2D eigenvalue weighted by molar-refractivity contribution is 5.81. The normalized spacial score (nSPS) is 16.1. The van der Waals surface area contributed by atoms with E-state index in [-0.39, 0.29) is 0 Å². The average Bonchev–Trinajstić information content (AvgIpc) is 3.23. The minimum Gasteiger partial charge on any atom is -0.342 e. The maximum Gasteiger partial charge on any atom is 0.137 e. The molecular weight excluding hydrogens is 358 g/mol. The van der Waals surface area contributed by atoms with Gasteiger partial charge in [-0.1, -0.05) is 13.3 Å². The molecule has 0 radical (unpaired) electrons. The lowest BCUT2D eigenvalue weighted by Gasteiger charge is -2.28. The Bertz CT molecular complexity index is 959. The lowest BCUT2D eigenvalue weighted by molar-refractivity contribution is 0.209. The van der Waals surface area contributed by atoms with Crippen LogP contribution in [0.4, 0.5) is 0 Å². The van der Waals surface area contributed by atoms with Crippen LogP contribution in [0.2, 0.25) is 0 Å². The molecule has 0 amide bonds. The molecule has 3 aromatic rings. The third-order valence-corrected chi connectivity index (χ3v) is 6.52. The second kappa shape index (κ2) is 8.70. The molecule has 0 aliphatic carbocycles. The van der Waals surface area contributed by atoms with Gasteiger partial charge in [-0.2, -0.15) is 0 Å². The smallest absolute Gasteiger partial charge is 0.137 e. The number of hydrogen-bond donors (Lipinski definition) is 1. The minimum atomic E-state index is 0.896. The number of aromatic nitrogens is 4. The van der Waals surface area contributed by atoms with Crippen molar-refractivity contribution >= 4 is 11.0 Å². The molecule has 0 spiro atoms. The van der Waals surface area contributed by atoms with Crippen molar-refractivity contribution in [2.24, 2.45) is 5.92 Å². The second-order valence-electron chi connectivity index (χ2n) is 8.81. The molecule has 0 atom stereocenters. The quantitative estimate of drug-likeness (QED) is 0.606. The molecule has 5 nitrogen and oxygen atoms in total. The molecule has 1 saturated heterocycles. The number of imidazole rings is 2. The van der Waals surface area contributed by atoms with Gasteiger partial charge in [0.05, 0.1) is 16.7 Å². The first-order chi connectivity index (χ1) is 14.0. The van der Waals surface area contributed by atoms with Crippen LogP contribution in [-0.2, 0) is 13.0 Å². The summed E-state index contributed by atoms with van der Waals surface area (Å²) in [6.45, 7) is 10.0. The van der Waals surface area contributed by atoms with Gasteiger partial charge in [-0.3, -0.25) is 0 Å². The molecule has 1 aliphatic rings. The lowest BCUT2D eigenvalue weighted by Crippen LogP contribution is -2.30. The predicted molar refractivity (Wildman–Crippen MR) is 120 cm³/mol. The molecule has 1 fully saturated rings. The largest absolute Gasteiger partial charge is 0.342 e. The number of H-pyrrole nitrogens is 1. The molecule has 1 aliphatic heterocycles. The zero-order chi connectivity index (χ0) is 20.4. The lowest BCUT2D eigenvalue weighted by atomic mass is 9.92. The topological polar surface area (TPSA) is 49.7 Å². The number of aryl methyl sites for hydroxylation is 4. The number of piperidine rings is 1. The highest BCUT2D eigenvalue weighted by Gasteiger charge is 2.17. The number of rotatable bonds is 7. The van der Waals surface area contributed by atoms with E-state index in [1.54, 1.807) is 0 Å². The van der Waals surface area contributed by atoms with Crippen molar-refractivity contribution in [3.05, 3.63) is 35.4 Å². The van der Waals surface area contributed by atoms with Gasteiger partial charge < -0.3 is 14.5 Å². The molecule has 0 saturated carbocycles. The van der Waals surface area contributed by atoms with Gasteiger partial charge in [0.25, 0.3) is 0 Å². The van der Waals surface area contributed by atoms with Crippen molar-refractivity contribution in [1.82, 2.24) is 24.4 Å². The number of likely N-dealkylation sites (tertiary alicyclic amines) is 1. The molecule has 0 bridgehead atoms. The third-order valence-electron chi connectivity index (χ3n) is 6.52. The zero-order valence-corrected chi connectivity index (χ0v) is 18.5. The van der Waals surface area contributed by atoms with Crippen molar-refractivity contribution in [3.8, 4) is 11.4 Å². The monoisotopic (exact) mass is 393 g/mol. The Balaban J connectivity index is 1.47. The number of nitrogens with zero attached hydrogens (tertiary/aromatic N) is 4. The Morgan fingerprint density at radius 3 is 2.69 bits per heavy atom. The van der Waals surface area contributed by atoms with Gasteiger partial charge in [0.2, 0.25) is 0 Å². The van der Waals surface area contributed by atoms with Crippen LogP contribution in [0.25, 0.3) is 22.4 Å². The fourth-order valence-corrected chi connectivity index (χ4v) is 4.68. The first kappa shape index (κ1) is 20.1. The maximum atomic E-state index is 4.85. The summed E-state index contributed by atoms with van der Waals surface area (Å²) in [7, 11) is 2.24. The van der Waals surface area contributed by atoms with Crippen LogP contribution in [0.15, 0.2) is 18.2 Å². The van der Waals surface area contributed by atoms with E-state index in [2.05, 4.69) is 60.5 Å². The number of benzene rings is 1. The fourth-order valence-electron chi connectivity index (χ4n) is 4.68. The van der Waals surface area contributed by atoms with E-state index in [0.29, 0.717) is 0 Å². The van der Waals surface area contributed by atoms with E-state index in [1.807, 2.05) is 0 Å². The Labute approximate surface area is 174 Å². The Morgan fingerprint density at radius 2 is 1.93 bits per heavy atom. The summed E-state index contributed by atoms with van der Waals surface area (Å²) in [4.78, 5) is 15.6. The Kier molecular flexibility index (Phi) is 6.04. The summed E-state index contributed by atoms with van der Waals surface area (Å²) in [6.07, 6.45) is 7.41. The van der Waals surface area contributed by atoms with Gasteiger partial charge in [0, 0.05) is 17.8 Å². The van der Waals surface area contributed by atoms with Crippen molar-refractivity contribution in [2.75, 3.05) is 20.1 Å². The van der Waals surface area contributed by atoms with Crippen LogP contribution < -0.4 is 0 Å². The summed E-state index contributed by atoms with van der Waals surface area (Å²) in [5.41, 5.74) is 5.80. The van der Waals surface area contributed by atoms with Crippen molar-refractivity contribution in [1.29, 1.82) is 0 Å². The van der Waals surface area contributed by atoms with Crippen molar-refractivity contribution in [3.63, 3.8) is 0 Å². The van der Waals surface area contributed by atoms with Crippen molar-refractivity contribution < 1.29 is 0 Å². The molecule has 0 unspecified atom stereocenters. The van der Waals surface area contributed by atoms with Crippen LogP contribution in [0.5, 0.6) is 0 Å². The van der Waals surface area contributed by atoms with Crippen molar-refractivity contribution in [2.45, 2.75) is 65.8 Å². The minimum absolute atomic E-state index is 0.896. The summed E-state index contributed by atoms with van der Waals surface area (Å²) in [5, 5.41) is 0. The Hall–Kier alpha value is -2.14. The van der Waals surface area contributed by atoms with Gasteiger partial charge >= 0.3 is 0 Å². The zero-order valence-electron chi connectivity index (χ0n) is 18.5. The first-order valence-corrected chi connectivity index (χ1v) is 11.3. The molecule has 3 heterocycles. The SMILES string of the molecule is CCCc1nc(-c2ccc3c(c2)nc(C)n3CCCC2CCN(C)CC2)[nH]c1C. The van der Waals surface area contributed by atoms with Crippen LogP contribution in [0.1, 0.15) is 56.2 Å². The van der Waals surface area contributed by atoms with Gasteiger partial charge in [-0.25, -0.2) is 9.97 Å². The van der Waals surface area contributed by atoms with Crippen LogP contribution in [0.3, 0.4) is 0 Å². The maximum absolute atomic E-state index is 4.85. The second-order valence-corrected chi connectivity index (χ2v) is 8.81. The summed E-state index contributed by atoms with van der Waals surface area (Å²) in [6, 6.07) is 6.59. The summed E-state index contributed by atoms with van der Waals surface area (Å²) in [5.74, 6) is 2.97. The van der Waals surface area contributed by atoms with Gasteiger partial charge in [-0.15, -0.1) is 0 Å². The highest BCUT2D eigenvalue weighted by atomic mass is 15.1. The highest BCUT2D eigenvalue weighted by Crippen LogP contribution is 2.26. The van der Waals surface area contributed by atoms with E-state index in [0.717, 1.165) is 48.0 Å². The number of fused-ring (bicyclic) bond motifs is 1. The number of aromatic amines is 1. The van der Waals surface area contributed by atoms with E-state index < -0.39 is 0 Å². The van der Waals surface area contributed by atoms with Gasteiger partial charge in [0.1, 0.15) is 11.6 Å². The molecule has 2 aromatic heterocycles. The van der Waals surface area contributed by atoms with Crippen LogP contribution >= 0.6 is 0 Å². The summed E-state index contributed by atoms with van der Waals surface area (Å²) >= 11 is 0. The predicted octanol–water partition coefficient (Wildman–Crippen LogP) is 5.12. The molecule has 1 N–H and O–H groups in total. The van der Waals surface area contributed by atoms with E-state index in [1.165, 1.54) is 55.7 Å². The van der Waals surface area contributed by atoms with E-state index in [4.69, 9.17) is 9.97 Å². The average molecular weight is 394 g/mol. The molecule has 4 rings (SSSR count). The molecule has 5 heteroatoms. The third kappa shape index (κ3) is 4.40. The standard InChI is InChI=1S/C24H35N5/c1-5-7-21-17(2)25-24(27-21)20-9-10-23-22(16-20)26-18(3)29(23)13-6-8-19-11-14-28(4)15-12-19/h9-10,16,19H,5-8,11-15H2,1-4H3,(H,25,27). The van der Waals surface area contributed by atoms with E-state index in [9.17, 15) is 0 Å². The molecule has 29 heavy (non-hydrogen) atoms. The fraction of sp³-hybridized carbons (Fsp3) is 0.583. The van der Waals surface area contributed by atoms with E-state index >= 15 is 0 Å². The Morgan fingerprint density at radius 1 is 1.14 bits per heavy atom. The molecular formula is C24H35N5. The molecule has 1 aromatic carbocycles. The van der Waals surface area contributed by atoms with Gasteiger partial charge in [0.15, 0.2) is 0 Å². The van der Waals surface area contributed by atoms with Crippen LogP contribution in [0, 0.1) is 19.8 Å². The number of hydrogen-bond acceptors (Lipinski definition) is 3. The summed E-state index contributed by atoms with van der Waals surface area (Å²) < 4.78 is 2.39.